The number of carbonyl (C=O) groups excluding carboxylic acids is 1. The molecule has 0 spiro atoms. The Balaban J connectivity index is 1.25. The van der Waals surface area contributed by atoms with Crippen molar-refractivity contribution in [3.63, 3.8) is 0 Å². The molecule has 3 aromatic carbocycles. The van der Waals surface area contributed by atoms with E-state index in [1.807, 2.05) is 12.1 Å². The fourth-order valence-electron chi connectivity index (χ4n) is 5.10. The Bertz CT molecular complexity index is 1290. The average molecular weight is 601 g/mol. The molecule has 1 heterocycles. The van der Waals surface area contributed by atoms with Crippen molar-refractivity contribution in [2.45, 2.75) is 64.8 Å². The summed E-state index contributed by atoms with van der Waals surface area (Å²) >= 11 is 0. The molecule has 1 aliphatic heterocycles. The van der Waals surface area contributed by atoms with Crippen LogP contribution in [0.4, 0.5) is 0 Å². The molecule has 0 amide bonds. The first kappa shape index (κ1) is 32.7. The number of epoxide rings is 1. The first-order valence-corrected chi connectivity index (χ1v) is 18.9. The molecule has 1 saturated heterocycles. The monoisotopic (exact) mass is 600 g/mol. The highest BCUT2D eigenvalue weighted by Gasteiger charge is 2.24. The largest absolute Gasteiger partial charge is 0.494 e. The van der Waals surface area contributed by atoms with Crippen LogP contribution in [0.1, 0.15) is 39.5 Å². The quantitative estimate of drug-likeness (QED) is 0.0486. The van der Waals surface area contributed by atoms with Gasteiger partial charge in [0.25, 0.3) is 0 Å². The number of hydrogen-bond donors (Lipinski definition) is 0. The molecule has 2 unspecified atom stereocenters. The Morgan fingerprint density at radius 1 is 0.907 bits per heavy atom. The van der Waals surface area contributed by atoms with Gasteiger partial charge in [0, 0.05) is 11.5 Å². The van der Waals surface area contributed by atoms with Gasteiger partial charge in [-0.1, -0.05) is 111 Å². The van der Waals surface area contributed by atoms with Gasteiger partial charge in [-0.05, 0) is 54.2 Å². The van der Waals surface area contributed by atoms with Gasteiger partial charge in [0.05, 0.1) is 41.1 Å². The van der Waals surface area contributed by atoms with Crippen molar-refractivity contribution in [2.24, 2.45) is 5.92 Å². The second-order valence-electron chi connectivity index (χ2n) is 12.4. The molecule has 0 N–H and O–H groups in total. The third kappa shape index (κ3) is 10.5. The number of unbranched alkanes of at least 4 members (excludes halogenated alkanes) is 1. The standard InChI is InChI=1S/C37H48O5Si/c1-6-7-23-43(4,5)36-20-16-33(17-21-36)31-12-10-30(11-13-31)32-14-18-34(19-15-32)40-22-8-9-29(24-39-26-35-27-41-35)25-42-37(38)28(2)3/h10-21,29,35H,2,6-9,22-27H2,1,3-5H3. The topological polar surface area (TPSA) is 57.3 Å². The van der Waals surface area contributed by atoms with Crippen LogP contribution < -0.4 is 9.92 Å². The second kappa shape index (κ2) is 16.0. The van der Waals surface area contributed by atoms with Crippen LogP contribution in [0.5, 0.6) is 5.75 Å². The maximum Gasteiger partial charge on any atom is 0.333 e. The molecule has 4 rings (SSSR count). The number of hydrogen-bond acceptors (Lipinski definition) is 5. The minimum Gasteiger partial charge on any atom is -0.494 e. The Hall–Kier alpha value is -3.19. The Morgan fingerprint density at radius 3 is 2.00 bits per heavy atom. The Labute approximate surface area is 259 Å². The van der Waals surface area contributed by atoms with Gasteiger partial charge in [-0.3, -0.25) is 0 Å². The van der Waals surface area contributed by atoms with Gasteiger partial charge in [-0.15, -0.1) is 0 Å². The highest BCUT2D eigenvalue weighted by molar-refractivity contribution is 6.89. The number of benzene rings is 3. The summed E-state index contributed by atoms with van der Waals surface area (Å²) in [6.45, 7) is 15.3. The van der Waals surface area contributed by atoms with Crippen LogP contribution >= 0.6 is 0 Å². The summed E-state index contributed by atoms with van der Waals surface area (Å²) in [7, 11) is -1.35. The van der Waals surface area contributed by atoms with Gasteiger partial charge in [0.15, 0.2) is 0 Å². The van der Waals surface area contributed by atoms with E-state index in [1.54, 1.807) is 12.1 Å². The molecule has 0 aromatic heterocycles. The zero-order chi connectivity index (χ0) is 30.7. The highest BCUT2D eigenvalue weighted by atomic mass is 28.3. The van der Waals surface area contributed by atoms with E-state index in [4.69, 9.17) is 18.9 Å². The number of carbonyl (C=O) groups is 1. The Kier molecular flexibility index (Phi) is 12.2. The van der Waals surface area contributed by atoms with Crippen molar-refractivity contribution in [2.75, 3.05) is 33.0 Å². The van der Waals surface area contributed by atoms with Crippen molar-refractivity contribution >= 4 is 19.2 Å². The molecule has 2 atom stereocenters. The minimum absolute atomic E-state index is 0.105. The fourth-order valence-corrected chi connectivity index (χ4v) is 7.69. The molecular formula is C37H48O5Si. The third-order valence-corrected chi connectivity index (χ3v) is 11.6. The molecule has 5 nitrogen and oxygen atoms in total. The van der Waals surface area contributed by atoms with Crippen molar-refractivity contribution in [3.8, 4) is 28.0 Å². The number of ether oxygens (including phenoxy) is 4. The molecule has 0 bridgehead atoms. The van der Waals surface area contributed by atoms with E-state index in [-0.39, 0.29) is 18.0 Å². The summed E-state index contributed by atoms with van der Waals surface area (Å²) in [6.07, 6.45) is 4.47. The lowest BCUT2D eigenvalue weighted by Gasteiger charge is -2.23. The normalized spacial score (nSPS) is 15.1. The molecule has 1 aliphatic rings. The van der Waals surface area contributed by atoms with E-state index in [9.17, 15) is 4.79 Å². The molecule has 0 aliphatic carbocycles. The van der Waals surface area contributed by atoms with Gasteiger partial charge >= 0.3 is 5.97 Å². The zero-order valence-electron chi connectivity index (χ0n) is 26.4. The number of rotatable bonds is 18. The first-order chi connectivity index (χ1) is 20.7. The summed E-state index contributed by atoms with van der Waals surface area (Å²) in [5.41, 5.74) is 5.25. The summed E-state index contributed by atoms with van der Waals surface area (Å²) in [4.78, 5) is 11.8. The predicted octanol–water partition coefficient (Wildman–Crippen LogP) is 8.05. The van der Waals surface area contributed by atoms with Crippen molar-refractivity contribution in [1.29, 1.82) is 0 Å². The first-order valence-electron chi connectivity index (χ1n) is 15.7. The summed E-state index contributed by atoms with van der Waals surface area (Å²) in [5, 5.41) is 1.54. The SMILES string of the molecule is C=C(C)C(=O)OCC(CCCOc1ccc(-c2ccc(-c3ccc([Si](C)(C)CCCC)cc3)cc2)cc1)COCC1CO1. The van der Waals surface area contributed by atoms with Crippen LogP contribution in [0.25, 0.3) is 22.3 Å². The van der Waals surface area contributed by atoms with Crippen LogP contribution in [0.15, 0.2) is 84.9 Å². The van der Waals surface area contributed by atoms with Gasteiger partial charge < -0.3 is 18.9 Å². The molecule has 230 valence electrons. The fraction of sp³-hybridized carbons (Fsp3) is 0.432. The average Bonchev–Trinajstić information content (AvgIpc) is 3.85. The predicted molar refractivity (Wildman–Crippen MR) is 179 cm³/mol. The van der Waals surface area contributed by atoms with Crippen LogP contribution in [0, 0.1) is 5.92 Å². The van der Waals surface area contributed by atoms with Crippen LogP contribution in [-0.2, 0) is 19.0 Å². The second-order valence-corrected chi connectivity index (χ2v) is 17.2. The molecule has 0 radical (unpaired) electrons. The van der Waals surface area contributed by atoms with Crippen molar-refractivity contribution < 1.29 is 23.7 Å². The minimum atomic E-state index is -1.35. The molecule has 3 aromatic rings. The smallest absolute Gasteiger partial charge is 0.333 e. The van der Waals surface area contributed by atoms with Gasteiger partial charge in [0.2, 0.25) is 0 Å². The Morgan fingerprint density at radius 2 is 1.47 bits per heavy atom. The summed E-state index contributed by atoms with van der Waals surface area (Å²) < 4.78 is 22.4. The van der Waals surface area contributed by atoms with Gasteiger partial charge in [-0.25, -0.2) is 4.79 Å². The molecule has 43 heavy (non-hydrogen) atoms. The molecule has 1 fully saturated rings. The lowest BCUT2D eigenvalue weighted by atomic mass is 10.0. The third-order valence-electron chi connectivity index (χ3n) is 8.11. The highest BCUT2D eigenvalue weighted by Crippen LogP contribution is 2.27. The zero-order valence-corrected chi connectivity index (χ0v) is 27.4. The van der Waals surface area contributed by atoms with Gasteiger partial charge in [0.1, 0.15) is 11.9 Å². The van der Waals surface area contributed by atoms with E-state index in [2.05, 4.69) is 87.3 Å². The van der Waals surface area contributed by atoms with Crippen molar-refractivity contribution in [1.82, 2.24) is 0 Å². The van der Waals surface area contributed by atoms with E-state index in [0.717, 1.165) is 30.8 Å². The lowest BCUT2D eigenvalue weighted by Crippen LogP contribution is -2.40. The van der Waals surface area contributed by atoms with E-state index in [0.29, 0.717) is 32.0 Å². The summed E-state index contributed by atoms with van der Waals surface area (Å²) in [5.74, 6) is 0.588. The van der Waals surface area contributed by atoms with E-state index < -0.39 is 8.07 Å². The molecule has 0 saturated carbocycles. The maximum atomic E-state index is 11.8. The maximum absolute atomic E-state index is 11.8. The van der Waals surface area contributed by atoms with Crippen molar-refractivity contribution in [3.05, 3.63) is 84.9 Å². The van der Waals surface area contributed by atoms with Crippen LogP contribution in [-0.4, -0.2) is 53.2 Å². The van der Waals surface area contributed by atoms with Crippen LogP contribution in [0.3, 0.4) is 0 Å². The molecule has 6 heteroatoms. The molecular weight excluding hydrogens is 552 g/mol. The van der Waals surface area contributed by atoms with E-state index >= 15 is 0 Å². The summed E-state index contributed by atoms with van der Waals surface area (Å²) in [6, 6.07) is 27.7. The lowest BCUT2D eigenvalue weighted by molar-refractivity contribution is -0.141. The van der Waals surface area contributed by atoms with E-state index in [1.165, 1.54) is 35.6 Å². The van der Waals surface area contributed by atoms with Gasteiger partial charge in [-0.2, -0.15) is 0 Å². The van der Waals surface area contributed by atoms with Crippen LogP contribution in [0.2, 0.25) is 19.1 Å². The number of esters is 1.